The number of unbranched alkanes of at least 4 members (excludes halogenated alkanes) is 1. The van der Waals surface area contributed by atoms with E-state index in [0.29, 0.717) is 0 Å². The van der Waals surface area contributed by atoms with Crippen molar-refractivity contribution >= 4 is 0 Å². The first kappa shape index (κ1) is 16.1. The summed E-state index contributed by atoms with van der Waals surface area (Å²) in [7, 11) is 0. The lowest BCUT2D eigenvalue weighted by Gasteiger charge is -2.26. The molecule has 0 unspecified atom stereocenters. The predicted molar refractivity (Wildman–Crippen MR) is 84.2 cm³/mol. The minimum Gasteiger partial charge on any atom is -0.490 e. The third kappa shape index (κ3) is 5.94. The molecule has 0 spiro atoms. The number of nitrogens with zero attached hydrogens (tertiary/aromatic N) is 1. The van der Waals surface area contributed by atoms with Gasteiger partial charge in [0.15, 0.2) is 11.5 Å². The fourth-order valence-electron chi connectivity index (χ4n) is 2.35. The zero-order chi connectivity index (χ0) is 14.8. The SMILES string of the molecule is CCCOc1ccccc1OCCCCN1CCOCC1. The van der Waals surface area contributed by atoms with Crippen LogP contribution < -0.4 is 9.47 Å². The van der Waals surface area contributed by atoms with Crippen LogP contribution in [0.5, 0.6) is 11.5 Å². The number of hydrogen-bond acceptors (Lipinski definition) is 4. The van der Waals surface area contributed by atoms with Crippen LogP contribution in [0.25, 0.3) is 0 Å². The Morgan fingerprint density at radius 1 is 1.00 bits per heavy atom. The van der Waals surface area contributed by atoms with Gasteiger partial charge in [0.1, 0.15) is 0 Å². The molecule has 118 valence electrons. The van der Waals surface area contributed by atoms with E-state index in [1.165, 1.54) is 0 Å². The minimum atomic E-state index is 0.734. The molecule has 1 aromatic carbocycles. The van der Waals surface area contributed by atoms with Crippen LogP contribution >= 0.6 is 0 Å². The molecule has 0 N–H and O–H groups in total. The van der Waals surface area contributed by atoms with Gasteiger partial charge >= 0.3 is 0 Å². The highest BCUT2D eigenvalue weighted by Crippen LogP contribution is 2.26. The van der Waals surface area contributed by atoms with Crippen molar-refractivity contribution in [3.63, 3.8) is 0 Å². The van der Waals surface area contributed by atoms with E-state index in [4.69, 9.17) is 14.2 Å². The Balaban J connectivity index is 1.63. The van der Waals surface area contributed by atoms with Gasteiger partial charge in [0, 0.05) is 13.1 Å². The molecule has 0 radical (unpaired) electrons. The van der Waals surface area contributed by atoms with Gasteiger partial charge in [-0.25, -0.2) is 0 Å². The van der Waals surface area contributed by atoms with Gasteiger partial charge in [-0.05, 0) is 37.9 Å². The summed E-state index contributed by atoms with van der Waals surface area (Å²) in [6.07, 6.45) is 3.24. The van der Waals surface area contributed by atoms with Crippen molar-refractivity contribution in [3.8, 4) is 11.5 Å². The third-order valence-electron chi connectivity index (χ3n) is 3.54. The van der Waals surface area contributed by atoms with E-state index in [0.717, 1.165) is 76.8 Å². The summed E-state index contributed by atoms with van der Waals surface area (Å²) < 4.78 is 16.9. The van der Waals surface area contributed by atoms with Crippen LogP contribution in [0.15, 0.2) is 24.3 Å². The number of para-hydroxylation sites is 2. The Hall–Kier alpha value is -1.26. The molecule has 0 amide bonds. The minimum absolute atomic E-state index is 0.734. The van der Waals surface area contributed by atoms with E-state index in [1.54, 1.807) is 0 Å². The van der Waals surface area contributed by atoms with Crippen LogP contribution in [0.2, 0.25) is 0 Å². The van der Waals surface area contributed by atoms with E-state index in [-0.39, 0.29) is 0 Å². The molecule has 1 aliphatic heterocycles. The van der Waals surface area contributed by atoms with E-state index >= 15 is 0 Å². The van der Waals surface area contributed by atoms with Crippen LogP contribution in [-0.2, 0) is 4.74 Å². The molecule has 21 heavy (non-hydrogen) atoms. The summed E-state index contributed by atoms with van der Waals surface area (Å²) in [5.41, 5.74) is 0. The van der Waals surface area contributed by atoms with E-state index < -0.39 is 0 Å². The Morgan fingerprint density at radius 3 is 2.33 bits per heavy atom. The topological polar surface area (TPSA) is 30.9 Å². The highest BCUT2D eigenvalue weighted by Gasteiger charge is 2.09. The molecule has 1 heterocycles. The van der Waals surface area contributed by atoms with Gasteiger partial charge in [-0.3, -0.25) is 4.90 Å². The Bertz CT molecular complexity index is 391. The lowest BCUT2D eigenvalue weighted by Crippen LogP contribution is -2.36. The molecular formula is C17H27NO3. The normalized spacial score (nSPS) is 15.9. The van der Waals surface area contributed by atoms with Crippen molar-refractivity contribution in [1.82, 2.24) is 4.90 Å². The molecule has 0 aliphatic carbocycles. The molecule has 1 aromatic rings. The fourth-order valence-corrected chi connectivity index (χ4v) is 2.35. The summed E-state index contributed by atoms with van der Waals surface area (Å²) in [5, 5.41) is 0. The van der Waals surface area contributed by atoms with Crippen molar-refractivity contribution in [2.45, 2.75) is 26.2 Å². The van der Waals surface area contributed by atoms with Gasteiger partial charge in [-0.15, -0.1) is 0 Å². The number of morpholine rings is 1. The van der Waals surface area contributed by atoms with Gasteiger partial charge < -0.3 is 14.2 Å². The maximum atomic E-state index is 5.86. The van der Waals surface area contributed by atoms with E-state index in [9.17, 15) is 0 Å². The summed E-state index contributed by atoms with van der Waals surface area (Å²) in [4.78, 5) is 2.46. The van der Waals surface area contributed by atoms with Crippen molar-refractivity contribution in [3.05, 3.63) is 24.3 Å². The molecule has 4 heteroatoms. The number of ether oxygens (including phenoxy) is 3. The highest BCUT2D eigenvalue weighted by molar-refractivity contribution is 5.39. The summed E-state index contributed by atoms with van der Waals surface area (Å²) >= 11 is 0. The van der Waals surface area contributed by atoms with Crippen molar-refractivity contribution in [2.75, 3.05) is 46.1 Å². The number of hydrogen-bond donors (Lipinski definition) is 0. The fraction of sp³-hybridized carbons (Fsp3) is 0.647. The Labute approximate surface area is 128 Å². The molecule has 2 rings (SSSR count). The number of benzene rings is 1. The predicted octanol–water partition coefficient (Wildman–Crippen LogP) is 2.97. The van der Waals surface area contributed by atoms with Crippen molar-refractivity contribution in [2.24, 2.45) is 0 Å². The van der Waals surface area contributed by atoms with Crippen molar-refractivity contribution in [1.29, 1.82) is 0 Å². The molecule has 0 atom stereocenters. The molecule has 4 nitrogen and oxygen atoms in total. The second-order valence-electron chi connectivity index (χ2n) is 5.30. The Morgan fingerprint density at radius 2 is 1.67 bits per heavy atom. The second kappa shape index (κ2) is 9.64. The summed E-state index contributed by atoms with van der Waals surface area (Å²) in [6.45, 7) is 8.60. The summed E-state index contributed by atoms with van der Waals surface area (Å²) in [5.74, 6) is 1.71. The summed E-state index contributed by atoms with van der Waals surface area (Å²) in [6, 6.07) is 7.92. The largest absolute Gasteiger partial charge is 0.490 e. The molecule has 0 aromatic heterocycles. The standard InChI is InChI=1S/C17H27NO3/c1-2-12-20-16-7-3-4-8-17(16)21-13-6-5-9-18-10-14-19-15-11-18/h3-4,7-8H,2,5-6,9-15H2,1H3. The highest BCUT2D eigenvalue weighted by atomic mass is 16.5. The smallest absolute Gasteiger partial charge is 0.161 e. The molecule has 0 bridgehead atoms. The zero-order valence-corrected chi connectivity index (χ0v) is 13.1. The first-order valence-corrected chi connectivity index (χ1v) is 8.05. The van der Waals surface area contributed by atoms with Crippen molar-refractivity contribution < 1.29 is 14.2 Å². The van der Waals surface area contributed by atoms with Crippen LogP contribution in [0.1, 0.15) is 26.2 Å². The van der Waals surface area contributed by atoms with Gasteiger partial charge in [0.05, 0.1) is 26.4 Å². The quantitative estimate of drug-likeness (QED) is 0.655. The zero-order valence-electron chi connectivity index (χ0n) is 13.1. The maximum absolute atomic E-state index is 5.86. The van der Waals surface area contributed by atoms with Gasteiger partial charge in [-0.1, -0.05) is 19.1 Å². The molecular weight excluding hydrogens is 266 g/mol. The van der Waals surface area contributed by atoms with E-state index in [2.05, 4.69) is 11.8 Å². The first-order valence-electron chi connectivity index (χ1n) is 8.05. The van der Waals surface area contributed by atoms with Gasteiger partial charge in [0.2, 0.25) is 0 Å². The lowest BCUT2D eigenvalue weighted by molar-refractivity contribution is 0.0367. The molecule has 0 saturated carbocycles. The monoisotopic (exact) mass is 293 g/mol. The van der Waals surface area contributed by atoms with Crippen LogP contribution in [0, 0.1) is 0 Å². The molecule has 1 aliphatic rings. The third-order valence-corrected chi connectivity index (χ3v) is 3.54. The molecule has 1 fully saturated rings. The average Bonchev–Trinajstić information content (AvgIpc) is 2.54. The molecule has 1 saturated heterocycles. The van der Waals surface area contributed by atoms with Crippen LogP contribution in [0.3, 0.4) is 0 Å². The lowest BCUT2D eigenvalue weighted by atomic mass is 10.3. The number of rotatable bonds is 9. The van der Waals surface area contributed by atoms with Gasteiger partial charge in [0.25, 0.3) is 0 Å². The first-order chi connectivity index (χ1) is 10.4. The van der Waals surface area contributed by atoms with E-state index in [1.807, 2.05) is 24.3 Å². The Kier molecular flexibility index (Phi) is 7.39. The van der Waals surface area contributed by atoms with Gasteiger partial charge in [-0.2, -0.15) is 0 Å². The van der Waals surface area contributed by atoms with Crippen LogP contribution in [-0.4, -0.2) is 51.0 Å². The van der Waals surface area contributed by atoms with Crippen LogP contribution in [0.4, 0.5) is 0 Å². The maximum Gasteiger partial charge on any atom is 0.161 e. The average molecular weight is 293 g/mol. The second-order valence-corrected chi connectivity index (χ2v) is 5.30.